The molecule has 2 N–H and O–H groups in total. The second-order valence-electron chi connectivity index (χ2n) is 6.70. The molecule has 0 unspecified atom stereocenters. The minimum absolute atomic E-state index is 0.0533. The highest BCUT2D eigenvalue weighted by atomic mass is 16.5. The van der Waals surface area contributed by atoms with E-state index in [4.69, 9.17) is 9.84 Å². The van der Waals surface area contributed by atoms with E-state index in [-0.39, 0.29) is 19.1 Å². The first kappa shape index (κ1) is 19.0. The van der Waals surface area contributed by atoms with Crippen LogP contribution in [0, 0.1) is 0 Å². The Kier molecular flexibility index (Phi) is 5.83. The van der Waals surface area contributed by atoms with Gasteiger partial charge in [0.2, 0.25) is 0 Å². The Morgan fingerprint density at radius 1 is 1.22 bits per heavy atom. The van der Waals surface area contributed by atoms with Crippen LogP contribution in [0.5, 0.6) is 0 Å². The van der Waals surface area contributed by atoms with Crippen LogP contribution in [-0.4, -0.2) is 43.7 Å². The molecule has 0 fully saturated rings. The van der Waals surface area contributed by atoms with Crippen LogP contribution in [0.25, 0.3) is 16.7 Å². The van der Waals surface area contributed by atoms with Crippen LogP contribution in [-0.2, 0) is 16.0 Å². The number of aliphatic hydroxyl groups is 1. The lowest BCUT2D eigenvalue weighted by Gasteiger charge is -2.13. The van der Waals surface area contributed by atoms with E-state index in [0.29, 0.717) is 17.6 Å². The summed E-state index contributed by atoms with van der Waals surface area (Å²) in [6, 6.07) is 9.44. The number of carbonyl (C=O) groups is 1. The quantitative estimate of drug-likeness (QED) is 0.634. The molecule has 1 atom stereocenters. The lowest BCUT2D eigenvalue weighted by Crippen LogP contribution is -2.12. The molecule has 2 heterocycles. The number of nitrogens with zero attached hydrogens (tertiary/aromatic N) is 3. The predicted molar refractivity (Wildman–Crippen MR) is 101 cm³/mol. The Hall–Kier alpha value is -2.77. The Morgan fingerprint density at radius 3 is 2.63 bits per heavy atom. The maximum atomic E-state index is 10.7. The van der Waals surface area contributed by atoms with Gasteiger partial charge < -0.3 is 14.9 Å². The third-order valence-corrected chi connectivity index (χ3v) is 4.21. The van der Waals surface area contributed by atoms with Gasteiger partial charge in [-0.15, -0.1) is 0 Å². The number of hydrogen-bond acceptors (Lipinski definition) is 5. The van der Waals surface area contributed by atoms with E-state index in [1.165, 1.54) is 0 Å². The zero-order valence-electron chi connectivity index (χ0n) is 15.4. The molecule has 0 saturated heterocycles. The summed E-state index contributed by atoms with van der Waals surface area (Å²) in [6.07, 6.45) is 3.26. The van der Waals surface area contributed by atoms with Gasteiger partial charge in [-0.1, -0.05) is 12.1 Å². The Morgan fingerprint density at radius 2 is 1.96 bits per heavy atom. The summed E-state index contributed by atoms with van der Waals surface area (Å²) in [6.45, 7) is 4.06. The molecule has 0 radical (unpaired) electrons. The molecule has 0 amide bonds. The highest BCUT2D eigenvalue weighted by Gasteiger charge is 2.13. The first-order chi connectivity index (χ1) is 12.9. The molecule has 0 aliphatic heterocycles. The van der Waals surface area contributed by atoms with Gasteiger partial charge in [0.25, 0.3) is 0 Å². The number of aromatic nitrogens is 3. The summed E-state index contributed by atoms with van der Waals surface area (Å²) in [5.41, 5.74) is 3.18. The Labute approximate surface area is 157 Å². The van der Waals surface area contributed by atoms with Gasteiger partial charge in [-0.2, -0.15) is 5.10 Å². The molecule has 7 heteroatoms. The molecule has 2 aromatic heterocycles. The zero-order valence-corrected chi connectivity index (χ0v) is 15.4. The van der Waals surface area contributed by atoms with E-state index >= 15 is 0 Å². The van der Waals surface area contributed by atoms with Crippen LogP contribution in [0.4, 0.5) is 0 Å². The summed E-state index contributed by atoms with van der Waals surface area (Å²) in [5.74, 6) is -0.807. The molecule has 0 bridgehead atoms. The number of fused-ring (bicyclic) bond motifs is 1. The van der Waals surface area contributed by atoms with Crippen molar-refractivity contribution in [2.45, 2.75) is 38.9 Å². The van der Waals surface area contributed by atoms with Crippen molar-refractivity contribution >= 4 is 17.0 Å². The molecule has 27 heavy (non-hydrogen) atoms. The van der Waals surface area contributed by atoms with Gasteiger partial charge in [-0.25, -0.2) is 9.67 Å². The first-order valence-corrected chi connectivity index (χ1v) is 8.88. The number of aryl methyl sites for hydroxylation is 1. The minimum atomic E-state index is -0.807. The van der Waals surface area contributed by atoms with Gasteiger partial charge in [0.05, 0.1) is 24.6 Å². The molecule has 0 aliphatic rings. The second kappa shape index (κ2) is 8.28. The number of ether oxygens (including phenoxy) is 1. The van der Waals surface area contributed by atoms with Crippen molar-refractivity contribution in [1.29, 1.82) is 0 Å². The number of rotatable bonds is 8. The van der Waals surface area contributed by atoms with E-state index in [1.54, 1.807) is 17.1 Å². The fourth-order valence-corrected chi connectivity index (χ4v) is 2.74. The van der Waals surface area contributed by atoms with E-state index in [2.05, 4.69) is 10.1 Å². The van der Waals surface area contributed by atoms with Crippen molar-refractivity contribution in [3.8, 4) is 5.69 Å². The van der Waals surface area contributed by atoms with E-state index in [0.717, 1.165) is 16.6 Å². The third kappa shape index (κ3) is 4.69. The maximum Gasteiger partial charge on any atom is 0.303 e. The fourth-order valence-electron chi connectivity index (χ4n) is 2.74. The van der Waals surface area contributed by atoms with Crippen molar-refractivity contribution < 1.29 is 19.7 Å². The van der Waals surface area contributed by atoms with Crippen LogP contribution in [0.2, 0.25) is 0 Å². The smallest absolute Gasteiger partial charge is 0.303 e. The minimum Gasteiger partial charge on any atom is -0.481 e. The monoisotopic (exact) mass is 369 g/mol. The van der Waals surface area contributed by atoms with Gasteiger partial charge in [-0.3, -0.25) is 4.79 Å². The molecule has 0 spiro atoms. The number of aliphatic carboxylic acids is 1. The number of carboxylic acid groups (broad SMARTS) is 1. The molecular formula is C20H23N3O4. The standard InChI is InChI=1S/C20H23N3O4/c1-13(2)27-12-18(24)15-9-16-11-22-23(20(16)21-10-15)17-6-3-14(4-7-17)5-8-19(25)26/h3-4,6-7,9-11,13,18,24H,5,8,12H2,1-2H3,(H,25,26)/t18-/m1/s1. The number of aliphatic hydroxyl groups excluding tert-OH is 1. The highest BCUT2D eigenvalue weighted by molar-refractivity contribution is 5.77. The normalized spacial score (nSPS) is 12.6. The van der Waals surface area contributed by atoms with Crippen LogP contribution in [0.3, 0.4) is 0 Å². The average molecular weight is 369 g/mol. The van der Waals surface area contributed by atoms with Crippen LogP contribution in [0.1, 0.15) is 37.5 Å². The molecule has 3 rings (SSSR count). The lowest BCUT2D eigenvalue weighted by molar-refractivity contribution is -0.136. The average Bonchev–Trinajstić information content (AvgIpc) is 3.08. The number of pyridine rings is 1. The van der Waals surface area contributed by atoms with Gasteiger partial charge >= 0.3 is 5.97 Å². The first-order valence-electron chi connectivity index (χ1n) is 8.88. The molecule has 0 aliphatic carbocycles. The Balaban J connectivity index is 1.79. The maximum absolute atomic E-state index is 10.7. The number of benzene rings is 1. The molecule has 3 aromatic rings. The van der Waals surface area contributed by atoms with Crippen molar-refractivity contribution in [2.24, 2.45) is 0 Å². The van der Waals surface area contributed by atoms with Crippen LogP contribution < -0.4 is 0 Å². The predicted octanol–water partition coefficient (Wildman–Crippen LogP) is 2.90. The van der Waals surface area contributed by atoms with Crippen molar-refractivity contribution in [1.82, 2.24) is 14.8 Å². The van der Waals surface area contributed by atoms with Crippen molar-refractivity contribution in [3.05, 3.63) is 53.9 Å². The molecule has 0 saturated carbocycles. The van der Waals surface area contributed by atoms with E-state index < -0.39 is 12.1 Å². The van der Waals surface area contributed by atoms with Gasteiger partial charge in [-0.05, 0) is 44.0 Å². The van der Waals surface area contributed by atoms with E-state index in [9.17, 15) is 9.90 Å². The summed E-state index contributed by atoms with van der Waals surface area (Å²) in [5, 5.41) is 24.2. The highest BCUT2D eigenvalue weighted by Crippen LogP contribution is 2.21. The van der Waals surface area contributed by atoms with Crippen LogP contribution in [0.15, 0.2) is 42.7 Å². The molecule has 142 valence electrons. The summed E-state index contributed by atoms with van der Waals surface area (Å²) in [7, 11) is 0. The zero-order chi connectivity index (χ0) is 19.4. The molecule has 7 nitrogen and oxygen atoms in total. The van der Waals surface area contributed by atoms with Gasteiger partial charge in [0.15, 0.2) is 5.65 Å². The number of hydrogen-bond donors (Lipinski definition) is 2. The van der Waals surface area contributed by atoms with Gasteiger partial charge in [0.1, 0.15) is 6.10 Å². The van der Waals surface area contributed by atoms with Gasteiger partial charge in [0, 0.05) is 23.6 Å². The van der Waals surface area contributed by atoms with E-state index in [1.807, 2.05) is 44.2 Å². The lowest BCUT2D eigenvalue weighted by atomic mass is 10.1. The topological polar surface area (TPSA) is 97.5 Å². The summed E-state index contributed by atoms with van der Waals surface area (Å²) in [4.78, 5) is 15.1. The largest absolute Gasteiger partial charge is 0.481 e. The molecular weight excluding hydrogens is 346 g/mol. The second-order valence-corrected chi connectivity index (χ2v) is 6.70. The Bertz CT molecular complexity index is 919. The summed E-state index contributed by atoms with van der Waals surface area (Å²) < 4.78 is 7.17. The number of carboxylic acids is 1. The van der Waals surface area contributed by atoms with Crippen molar-refractivity contribution in [3.63, 3.8) is 0 Å². The SMILES string of the molecule is CC(C)OC[C@@H](O)c1cnc2c(cnn2-c2ccc(CCC(=O)O)cc2)c1. The third-order valence-electron chi connectivity index (χ3n) is 4.21. The van der Waals surface area contributed by atoms with Crippen LogP contribution >= 0.6 is 0 Å². The summed E-state index contributed by atoms with van der Waals surface area (Å²) >= 11 is 0. The van der Waals surface area contributed by atoms with Crippen molar-refractivity contribution in [2.75, 3.05) is 6.61 Å². The molecule has 1 aromatic carbocycles. The fraction of sp³-hybridized carbons (Fsp3) is 0.350.